The van der Waals surface area contributed by atoms with Crippen molar-refractivity contribution in [3.63, 3.8) is 0 Å². The highest BCUT2D eigenvalue weighted by molar-refractivity contribution is 6.60. The van der Waals surface area contributed by atoms with E-state index in [4.69, 9.17) is 0 Å². The van der Waals surface area contributed by atoms with Gasteiger partial charge in [-0.05, 0) is 5.94 Å². The van der Waals surface area contributed by atoms with Crippen LogP contribution in [0.1, 0.15) is 6.92 Å². The average molecular weight is 112 g/mol. The Morgan fingerprint density at radius 1 is 1.43 bits per heavy atom. The molecule has 0 radical (unpaired) electrons. The fraction of sp³-hybridized carbons (Fsp3) is 1.00. The summed E-state index contributed by atoms with van der Waals surface area (Å²) in [5.74, 6) is -1.64. The number of hydrogen-bond acceptors (Lipinski definition) is 1. The van der Waals surface area contributed by atoms with Gasteiger partial charge in [0.2, 0.25) is 0 Å². The molecule has 1 atom stereocenters. The van der Waals surface area contributed by atoms with Crippen LogP contribution in [0.25, 0.3) is 0 Å². The van der Waals surface area contributed by atoms with Crippen molar-refractivity contribution in [2.24, 2.45) is 5.73 Å². The van der Waals surface area contributed by atoms with Crippen molar-refractivity contribution in [1.82, 2.24) is 0 Å². The van der Waals surface area contributed by atoms with E-state index in [2.05, 4.69) is 5.73 Å². The van der Waals surface area contributed by atoms with Crippen LogP contribution in [-0.2, 0) is 0 Å². The van der Waals surface area contributed by atoms with E-state index in [0.29, 0.717) is 0 Å². The van der Waals surface area contributed by atoms with Gasteiger partial charge in [-0.3, -0.25) is 0 Å². The van der Waals surface area contributed by atoms with Gasteiger partial charge in [0, 0.05) is 0 Å². The summed E-state index contributed by atoms with van der Waals surface area (Å²) in [4.78, 5) is 0. The van der Waals surface area contributed by atoms with Gasteiger partial charge < -0.3 is 18.7 Å². The summed E-state index contributed by atoms with van der Waals surface area (Å²) in [6.45, 7) is -3.85. The number of hydrogen-bond donors (Lipinski definition) is 1. The average Bonchev–Trinajstić information content (AvgIpc) is 1.31. The quantitative estimate of drug-likeness (QED) is 0.497. The SMILES string of the molecule is C[C@@H](N)[B-](F)(F)F. The van der Waals surface area contributed by atoms with E-state index < -0.39 is 12.9 Å². The zero-order valence-corrected chi connectivity index (χ0v) is 3.87. The van der Waals surface area contributed by atoms with E-state index >= 15 is 0 Å². The lowest BCUT2D eigenvalue weighted by Gasteiger charge is -2.16. The first kappa shape index (κ1) is 6.81. The van der Waals surface area contributed by atoms with Crippen molar-refractivity contribution < 1.29 is 12.9 Å². The standard InChI is InChI=1S/C2H6BF3N/c1-2(7)3(4,5)6/h2H,7H2,1H3/q-1/t2-/m1/s1. The van der Waals surface area contributed by atoms with Crippen LogP contribution in [0.3, 0.4) is 0 Å². The summed E-state index contributed by atoms with van der Waals surface area (Å²) in [6, 6.07) is 0. The smallest absolute Gasteiger partial charge is 0.448 e. The summed E-state index contributed by atoms with van der Waals surface area (Å²) in [7, 11) is 0. The van der Waals surface area contributed by atoms with Crippen molar-refractivity contribution >= 4 is 6.98 Å². The molecule has 0 bridgehead atoms. The van der Waals surface area contributed by atoms with E-state index in [0.717, 1.165) is 6.92 Å². The molecule has 0 aliphatic rings. The first-order valence-electron chi connectivity index (χ1n) is 1.90. The third-order valence-corrected chi connectivity index (χ3v) is 0.596. The lowest BCUT2D eigenvalue weighted by atomic mass is 9.82. The molecule has 0 rings (SSSR count). The zero-order valence-electron chi connectivity index (χ0n) is 3.87. The Hall–Kier alpha value is -0.185. The first-order valence-corrected chi connectivity index (χ1v) is 1.90. The van der Waals surface area contributed by atoms with Crippen LogP contribution in [0, 0.1) is 0 Å². The molecule has 0 unspecified atom stereocenters. The predicted octanol–water partition coefficient (Wildman–Crippen LogP) is 0.720. The number of halogens is 3. The van der Waals surface area contributed by atoms with Gasteiger partial charge in [0.05, 0.1) is 0 Å². The molecule has 7 heavy (non-hydrogen) atoms. The molecule has 0 fully saturated rings. The second-order valence-electron chi connectivity index (χ2n) is 1.48. The highest BCUT2D eigenvalue weighted by atomic mass is 19.4. The molecule has 44 valence electrons. The highest BCUT2D eigenvalue weighted by Gasteiger charge is 2.27. The van der Waals surface area contributed by atoms with E-state index in [1.807, 2.05) is 0 Å². The maximum Gasteiger partial charge on any atom is 0.494 e. The van der Waals surface area contributed by atoms with Crippen LogP contribution in [0.2, 0.25) is 0 Å². The number of nitrogens with two attached hydrogens (primary N) is 1. The van der Waals surface area contributed by atoms with E-state index in [1.165, 1.54) is 0 Å². The third-order valence-electron chi connectivity index (χ3n) is 0.596. The maximum absolute atomic E-state index is 11.1. The van der Waals surface area contributed by atoms with Gasteiger partial charge in [-0.2, -0.15) is 0 Å². The second-order valence-corrected chi connectivity index (χ2v) is 1.48. The molecule has 2 N–H and O–H groups in total. The second kappa shape index (κ2) is 1.73. The Bertz CT molecular complexity index is 58.4. The fourth-order valence-corrected chi connectivity index (χ4v) is 0. The monoisotopic (exact) mass is 112 g/mol. The summed E-state index contributed by atoms with van der Waals surface area (Å²) >= 11 is 0. The molecule has 0 saturated heterocycles. The minimum Gasteiger partial charge on any atom is -0.448 e. The molecule has 0 aromatic rings. The Kier molecular flexibility index (Phi) is 1.69. The molecule has 0 aromatic carbocycles. The Balaban J connectivity index is 3.54. The van der Waals surface area contributed by atoms with E-state index in [-0.39, 0.29) is 0 Å². The maximum atomic E-state index is 11.1. The number of rotatable bonds is 1. The van der Waals surface area contributed by atoms with Crippen molar-refractivity contribution in [3.05, 3.63) is 0 Å². The zero-order chi connectivity index (χ0) is 6.08. The highest BCUT2D eigenvalue weighted by Crippen LogP contribution is 2.10. The molecule has 0 saturated carbocycles. The van der Waals surface area contributed by atoms with Crippen LogP contribution in [-0.4, -0.2) is 12.9 Å². The Labute approximate surface area is 39.7 Å². The summed E-state index contributed by atoms with van der Waals surface area (Å²) in [6.07, 6.45) is 0. The predicted molar refractivity (Wildman–Crippen MR) is 22.7 cm³/mol. The summed E-state index contributed by atoms with van der Waals surface area (Å²) in [5.41, 5.74) is 4.47. The Morgan fingerprint density at radius 2 is 1.57 bits per heavy atom. The van der Waals surface area contributed by atoms with Crippen LogP contribution < -0.4 is 5.73 Å². The van der Waals surface area contributed by atoms with Crippen LogP contribution in [0.5, 0.6) is 0 Å². The first-order chi connectivity index (χ1) is 2.94. The molecule has 1 nitrogen and oxygen atoms in total. The fourth-order valence-electron chi connectivity index (χ4n) is 0. The molecule has 0 aromatic heterocycles. The van der Waals surface area contributed by atoms with Gasteiger partial charge in [0.1, 0.15) is 0 Å². The normalized spacial score (nSPS) is 16.7. The molecule has 0 amide bonds. The molecule has 0 heterocycles. The molecule has 5 heteroatoms. The minimum atomic E-state index is -4.78. The largest absolute Gasteiger partial charge is 0.494 e. The third kappa shape index (κ3) is 2.50. The van der Waals surface area contributed by atoms with E-state index in [1.54, 1.807) is 0 Å². The van der Waals surface area contributed by atoms with Crippen molar-refractivity contribution in [2.75, 3.05) is 0 Å². The molecular formula is C2H6BF3N-. The van der Waals surface area contributed by atoms with Gasteiger partial charge in [-0.25, -0.2) is 0 Å². The lowest BCUT2D eigenvalue weighted by Crippen LogP contribution is -2.39. The van der Waals surface area contributed by atoms with Crippen LogP contribution in [0.4, 0.5) is 12.9 Å². The van der Waals surface area contributed by atoms with Crippen LogP contribution >= 0.6 is 0 Å². The minimum absolute atomic E-state index is 0.931. The molecular weight excluding hydrogens is 106 g/mol. The van der Waals surface area contributed by atoms with Crippen molar-refractivity contribution in [1.29, 1.82) is 0 Å². The Morgan fingerprint density at radius 3 is 1.57 bits per heavy atom. The van der Waals surface area contributed by atoms with E-state index in [9.17, 15) is 12.9 Å². The van der Waals surface area contributed by atoms with Gasteiger partial charge in [0.25, 0.3) is 0 Å². The van der Waals surface area contributed by atoms with Gasteiger partial charge >= 0.3 is 6.98 Å². The van der Waals surface area contributed by atoms with Crippen molar-refractivity contribution in [3.8, 4) is 0 Å². The molecule has 0 aliphatic carbocycles. The topological polar surface area (TPSA) is 26.0 Å². The van der Waals surface area contributed by atoms with Crippen molar-refractivity contribution in [2.45, 2.75) is 12.9 Å². The van der Waals surface area contributed by atoms with Gasteiger partial charge in [0.15, 0.2) is 0 Å². The lowest BCUT2D eigenvalue weighted by molar-refractivity contribution is 0.445. The van der Waals surface area contributed by atoms with Crippen LogP contribution in [0.15, 0.2) is 0 Å². The summed E-state index contributed by atoms with van der Waals surface area (Å²) < 4.78 is 33.3. The summed E-state index contributed by atoms with van der Waals surface area (Å²) in [5, 5.41) is 0. The molecule has 0 spiro atoms. The van der Waals surface area contributed by atoms with Gasteiger partial charge in [-0.15, -0.1) is 0 Å². The molecule has 0 aliphatic heterocycles. The van der Waals surface area contributed by atoms with Gasteiger partial charge in [-0.1, -0.05) is 6.92 Å².